The molecule has 0 bridgehead atoms. The van der Waals surface area contributed by atoms with Gasteiger partial charge in [0.15, 0.2) is 0 Å². The monoisotopic (exact) mass is 334 g/mol. The number of rotatable bonds is 1. The van der Waals surface area contributed by atoms with E-state index in [4.69, 9.17) is 0 Å². The first-order valence-electron chi connectivity index (χ1n) is 6.56. The van der Waals surface area contributed by atoms with Crippen LogP contribution in [0.5, 0.6) is 0 Å². The summed E-state index contributed by atoms with van der Waals surface area (Å²) in [5, 5.41) is 14.5. The van der Waals surface area contributed by atoms with E-state index in [2.05, 4.69) is 21.2 Å². The molecule has 1 atom stereocenters. The number of likely N-dealkylation sites (tertiary alicyclic amines) is 1. The topological polar surface area (TPSA) is 52.6 Å². The van der Waals surface area contributed by atoms with E-state index in [1.165, 1.54) is 0 Å². The van der Waals surface area contributed by atoms with Crippen LogP contribution in [0.1, 0.15) is 6.42 Å². The number of aliphatic hydroxyl groups is 1. The molecule has 0 saturated carbocycles. The molecule has 1 saturated heterocycles. The minimum absolute atomic E-state index is 0.158. The van der Waals surface area contributed by atoms with Gasteiger partial charge in [-0.15, -0.1) is 0 Å². The Hall–Kier alpha value is -1.59. The number of nitrogens with one attached hydrogen (secondary N) is 1. The minimum atomic E-state index is -0.401. The van der Waals surface area contributed by atoms with Crippen LogP contribution < -0.4 is 5.32 Å². The first-order valence-corrected chi connectivity index (χ1v) is 7.35. The maximum absolute atomic E-state index is 12.2. The second-order valence-corrected chi connectivity index (χ2v) is 5.81. The molecule has 104 valence electrons. The van der Waals surface area contributed by atoms with Crippen LogP contribution in [0.25, 0.3) is 10.8 Å². The summed E-state index contributed by atoms with van der Waals surface area (Å²) in [4.78, 5) is 13.8. The molecule has 3 rings (SSSR count). The molecule has 0 unspecified atom stereocenters. The number of halogens is 1. The van der Waals surface area contributed by atoms with Gasteiger partial charge in [-0.2, -0.15) is 0 Å². The van der Waals surface area contributed by atoms with E-state index in [9.17, 15) is 9.90 Å². The molecule has 20 heavy (non-hydrogen) atoms. The van der Waals surface area contributed by atoms with E-state index < -0.39 is 6.10 Å². The normalized spacial score (nSPS) is 18.5. The van der Waals surface area contributed by atoms with E-state index in [1.807, 2.05) is 36.4 Å². The number of amides is 2. The first kappa shape index (κ1) is 13.4. The number of urea groups is 1. The zero-order valence-corrected chi connectivity index (χ0v) is 12.4. The summed E-state index contributed by atoms with van der Waals surface area (Å²) >= 11 is 3.52. The number of carbonyl (C=O) groups is 1. The first-order chi connectivity index (χ1) is 9.65. The molecule has 1 aliphatic rings. The molecule has 2 aromatic rings. The van der Waals surface area contributed by atoms with Crippen molar-refractivity contribution in [2.75, 3.05) is 18.4 Å². The Morgan fingerprint density at radius 3 is 2.70 bits per heavy atom. The van der Waals surface area contributed by atoms with Crippen molar-refractivity contribution >= 4 is 38.4 Å². The van der Waals surface area contributed by atoms with Gasteiger partial charge in [-0.1, -0.05) is 40.2 Å². The third-order valence-electron chi connectivity index (χ3n) is 3.56. The summed E-state index contributed by atoms with van der Waals surface area (Å²) < 4.78 is 1.00. The van der Waals surface area contributed by atoms with E-state index in [-0.39, 0.29) is 6.03 Å². The molecule has 0 spiro atoms. The number of carbonyl (C=O) groups excluding carboxylic acids is 1. The molecule has 4 nitrogen and oxygen atoms in total. The average Bonchev–Trinajstić information content (AvgIpc) is 2.89. The Bertz CT molecular complexity index is 659. The maximum atomic E-state index is 12.2. The molecule has 5 heteroatoms. The standard InChI is InChI=1S/C15H15BrN2O2/c16-13-5-6-14(12-4-2-1-3-11(12)13)17-15(20)18-8-7-10(19)9-18/h1-6,10,19H,7-9H2,(H,17,20)/t10-/m0/s1. The Morgan fingerprint density at radius 2 is 2.00 bits per heavy atom. The smallest absolute Gasteiger partial charge is 0.321 e. The van der Waals surface area contributed by atoms with Crippen molar-refractivity contribution in [3.05, 3.63) is 40.9 Å². The second kappa shape index (κ2) is 5.42. The molecular formula is C15H15BrN2O2. The molecule has 1 fully saturated rings. The predicted octanol–water partition coefficient (Wildman–Crippen LogP) is 3.20. The van der Waals surface area contributed by atoms with Gasteiger partial charge in [-0.25, -0.2) is 4.79 Å². The van der Waals surface area contributed by atoms with Gasteiger partial charge in [0.05, 0.1) is 11.8 Å². The number of β-amino-alcohol motifs (C(OH)–C–C–N with tert-alkyl or cyclic N) is 1. The lowest BCUT2D eigenvalue weighted by molar-refractivity contribution is 0.176. The summed E-state index contributed by atoms with van der Waals surface area (Å²) in [6.07, 6.45) is 0.247. The van der Waals surface area contributed by atoms with Gasteiger partial charge in [0, 0.05) is 22.9 Å². The molecular weight excluding hydrogens is 320 g/mol. The van der Waals surface area contributed by atoms with E-state index in [1.54, 1.807) is 4.90 Å². The number of fused-ring (bicyclic) bond motifs is 1. The van der Waals surface area contributed by atoms with E-state index in [0.717, 1.165) is 20.9 Å². The van der Waals surface area contributed by atoms with Crippen molar-refractivity contribution in [2.45, 2.75) is 12.5 Å². The molecule has 0 aliphatic carbocycles. The zero-order chi connectivity index (χ0) is 14.1. The summed E-state index contributed by atoms with van der Waals surface area (Å²) in [5.41, 5.74) is 0.787. The van der Waals surface area contributed by atoms with Crippen molar-refractivity contribution in [1.29, 1.82) is 0 Å². The highest BCUT2D eigenvalue weighted by atomic mass is 79.9. The van der Waals surface area contributed by atoms with E-state index >= 15 is 0 Å². The molecule has 2 amide bonds. The van der Waals surface area contributed by atoms with Gasteiger partial charge >= 0.3 is 6.03 Å². The Kier molecular flexibility index (Phi) is 3.63. The molecule has 0 aromatic heterocycles. The van der Waals surface area contributed by atoms with Gasteiger partial charge in [0.1, 0.15) is 0 Å². The Labute approximate surface area is 125 Å². The van der Waals surface area contributed by atoms with E-state index in [0.29, 0.717) is 19.5 Å². The van der Waals surface area contributed by atoms with Crippen LogP contribution in [0.15, 0.2) is 40.9 Å². The minimum Gasteiger partial charge on any atom is -0.391 e. The Balaban J connectivity index is 1.88. The van der Waals surface area contributed by atoms with Crippen molar-refractivity contribution < 1.29 is 9.90 Å². The number of aliphatic hydroxyl groups excluding tert-OH is 1. The SMILES string of the molecule is O=C(Nc1ccc(Br)c2ccccc12)N1CC[C@H](O)C1. The molecule has 0 radical (unpaired) electrons. The molecule has 1 aliphatic heterocycles. The molecule has 1 heterocycles. The van der Waals surface area contributed by atoms with Gasteiger partial charge in [-0.05, 0) is 23.9 Å². The average molecular weight is 335 g/mol. The predicted molar refractivity (Wildman–Crippen MR) is 82.9 cm³/mol. The fourth-order valence-electron chi connectivity index (χ4n) is 2.49. The fraction of sp³-hybridized carbons (Fsp3) is 0.267. The second-order valence-electron chi connectivity index (χ2n) is 4.96. The summed E-state index contributed by atoms with van der Waals surface area (Å²) in [6, 6.07) is 11.6. The lowest BCUT2D eigenvalue weighted by atomic mass is 10.1. The maximum Gasteiger partial charge on any atom is 0.321 e. The van der Waals surface area contributed by atoms with Crippen LogP contribution in [0.2, 0.25) is 0 Å². The highest BCUT2D eigenvalue weighted by molar-refractivity contribution is 9.10. The third kappa shape index (κ3) is 2.51. The van der Waals surface area contributed by atoms with Crippen molar-refractivity contribution in [2.24, 2.45) is 0 Å². The number of benzene rings is 2. The van der Waals surface area contributed by atoms with Crippen LogP contribution in [0, 0.1) is 0 Å². The number of nitrogens with zero attached hydrogens (tertiary/aromatic N) is 1. The lowest BCUT2D eigenvalue weighted by Gasteiger charge is -2.17. The van der Waals surface area contributed by atoms with Crippen molar-refractivity contribution in [3.63, 3.8) is 0 Å². The van der Waals surface area contributed by atoms with Crippen LogP contribution >= 0.6 is 15.9 Å². The van der Waals surface area contributed by atoms with Gasteiger partial charge < -0.3 is 15.3 Å². The summed E-state index contributed by atoms with van der Waals surface area (Å²) in [7, 11) is 0. The Morgan fingerprint density at radius 1 is 1.25 bits per heavy atom. The largest absolute Gasteiger partial charge is 0.391 e. The number of hydrogen-bond donors (Lipinski definition) is 2. The highest BCUT2D eigenvalue weighted by Crippen LogP contribution is 2.30. The zero-order valence-electron chi connectivity index (χ0n) is 10.8. The highest BCUT2D eigenvalue weighted by Gasteiger charge is 2.24. The van der Waals surface area contributed by atoms with Crippen molar-refractivity contribution in [3.8, 4) is 0 Å². The van der Waals surface area contributed by atoms with Crippen LogP contribution in [0.3, 0.4) is 0 Å². The third-order valence-corrected chi connectivity index (χ3v) is 4.25. The van der Waals surface area contributed by atoms with Crippen LogP contribution in [0.4, 0.5) is 10.5 Å². The van der Waals surface area contributed by atoms with Gasteiger partial charge in [0.2, 0.25) is 0 Å². The lowest BCUT2D eigenvalue weighted by Crippen LogP contribution is -2.33. The van der Waals surface area contributed by atoms with Gasteiger partial charge in [0.25, 0.3) is 0 Å². The van der Waals surface area contributed by atoms with Crippen molar-refractivity contribution in [1.82, 2.24) is 4.90 Å². The number of hydrogen-bond acceptors (Lipinski definition) is 2. The van der Waals surface area contributed by atoms with Crippen LogP contribution in [-0.2, 0) is 0 Å². The molecule has 2 N–H and O–H groups in total. The van der Waals surface area contributed by atoms with Gasteiger partial charge in [-0.3, -0.25) is 0 Å². The number of anilines is 1. The fourth-order valence-corrected chi connectivity index (χ4v) is 2.97. The quantitative estimate of drug-likeness (QED) is 0.841. The van der Waals surface area contributed by atoms with Crippen LogP contribution in [-0.4, -0.2) is 35.2 Å². The summed E-state index contributed by atoms with van der Waals surface area (Å²) in [5.74, 6) is 0. The molecule has 2 aromatic carbocycles. The summed E-state index contributed by atoms with van der Waals surface area (Å²) in [6.45, 7) is 1.00.